The van der Waals surface area contributed by atoms with E-state index in [9.17, 15) is 9.50 Å². The van der Waals surface area contributed by atoms with Gasteiger partial charge in [-0.25, -0.2) is 4.39 Å². The molecule has 1 rings (SSSR count). The molecular weight excluding hydrogens is 183 g/mol. The van der Waals surface area contributed by atoms with Crippen LogP contribution in [0.5, 0.6) is 5.75 Å². The zero-order chi connectivity index (χ0) is 10.6. The average molecular weight is 196 g/mol. The first-order chi connectivity index (χ1) is 6.65. The Hall–Kier alpha value is -1.35. The molecule has 0 bridgehead atoms. The lowest BCUT2D eigenvalue weighted by Crippen LogP contribution is -2.00. The lowest BCUT2D eigenvalue weighted by atomic mass is 10.1. The molecule has 1 N–H and O–H groups in total. The van der Waals surface area contributed by atoms with Gasteiger partial charge in [-0.15, -0.1) is 0 Å². The van der Waals surface area contributed by atoms with E-state index in [4.69, 9.17) is 4.74 Å². The molecule has 0 aliphatic carbocycles. The second-order valence-electron chi connectivity index (χ2n) is 2.96. The van der Waals surface area contributed by atoms with E-state index in [0.29, 0.717) is 17.9 Å². The highest BCUT2D eigenvalue weighted by Gasteiger charge is 2.09. The van der Waals surface area contributed by atoms with Crippen molar-refractivity contribution < 1.29 is 14.2 Å². The Balaban J connectivity index is 2.96. The van der Waals surface area contributed by atoms with Crippen LogP contribution in [0.1, 0.15) is 18.6 Å². The van der Waals surface area contributed by atoms with E-state index in [1.807, 2.05) is 0 Å². The highest BCUT2D eigenvalue weighted by molar-refractivity contribution is 5.35. The molecular formula is C11H13FO2. The molecule has 0 fully saturated rings. The third-order valence-corrected chi connectivity index (χ3v) is 1.78. The molecule has 0 saturated carbocycles. The lowest BCUT2D eigenvalue weighted by Gasteiger charge is -2.12. The molecule has 1 aromatic carbocycles. The van der Waals surface area contributed by atoms with Gasteiger partial charge in [0.1, 0.15) is 18.2 Å². The molecule has 0 amide bonds. The fourth-order valence-electron chi connectivity index (χ4n) is 1.13. The molecule has 3 heteroatoms. The molecule has 1 atom stereocenters. The van der Waals surface area contributed by atoms with Gasteiger partial charge in [0.25, 0.3) is 0 Å². The van der Waals surface area contributed by atoms with Crippen molar-refractivity contribution in [2.75, 3.05) is 6.61 Å². The Labute approximate surface area is 82.6 Å². The number of hydrogen-bond donors (Lipinski definition) is 1. The van der Waals surface area contributed by atoms with Crippen LogP contribution in [-0.2, 0) is 0 Å². The summed E-state index contributed by atoms with van der Waals surface area (Å²) in [5, 5.41) is 9.37. The first-order valence-corrected chi connectivity index (χ1v) is 4.36. The van der Waals surface area contributed by atoms with Crippen molar-refractivity contribution in [1.82, 2.24) is 0 Å². The average Bonchev–Trinajstić information content (AvgIpc) is 2.14. The monoisotopic (exact) mass is 196 g/mol. The third kappa shape index (κ3) is 2.57. The quantitative estimate of drug-likeness (QED) is 0.749. The van der Waals surface area contributed by atoms with Gasteiger partial charge in [0.05, 0.1) is 6.10 Å². The highest BCUT2D eigenvalue weighted by Crippen LogP contribution is 2.25. The van der Waals surface area contributed by atoms with Crippen molar-refractivity contribution >= 4 is 0 Å². The highest BCUT2D eigenvalue weighted by atomic mass is 19.1. The van der Waals surface area contributed by atoms with Gasteiger partial charge < -0.3 is 9.84 Å². The van der Waals surface area contributed by atoms with E-state index in [-0.39, 0.29) is 5.82 Å². The molecule has 2 nitrogen and oxygen atoms in total. The van der Waals surface area contributed by atoms with Crippen molar-refractivity contribution in [2.24, 2.45) is 0 Å². The van der Waals surface area contributed by atoms with E-state index >= 15 is 0 Å². The van der Waals surface area contributed by atoms with Gasteiger partial charge >= 0.3 is 0 Å². The maximum absolute atomic E-state index is 12.9. The van der Waals surface area contributed by atoms with Gasteiger partial charge in [0, 0.05) is 11.6 Å². The second-order valence-corrected chi connectivity index (χ2v) is 2.96. The Morgan fingerprint density at radius 2 is 2.36 bits per heavy atom. The van der Waals surface area contributed by atoms with Crippen LogP contribution in [0.3, 0.4) is 0 Å². The minimum Gasteiger partial charge on any atom is -0.489 e. The maximum Gasteiger partial charge on any atom is 0.128 e. The minimum atomic E-state index is -0.671. The predicted molar refractivity (Wildman–Crippen MR) is 52.7 cm³/mol. The summed E-state index contributed by atoms with van der Waals surface area (Å²) in [7, 11) is 0. The second kappa shape index (κ2) is 4.77. The van der Waals surface area contributed by atoms with Gasteiger partial charge in [0.2, 0.25) is 0 Å². The first kappa shape index (κ1) is 10.7. The van der Waals surface area contributed by atoms with Crippen LogP contribution in [-0.4, -0.2) is 11.7 Å². The Kier molecular flexibility index (Phi) is 3.65. The molecule has 0 aliphatic heterocycles. The summed E-state index contributed by atoms with van der Waals surface area (Å²) in [6.07, 6.45) is 0.895. The largest absolute Gasteiger partial charge is 0.489 e. The van der Waals surface area contributed by atoms with Crippen molar-refractivity contribution in [3.8, 4) is 5.75 Å². The fraction of sp³-hybridized carbons (Fsp3) is 0.273. The molecule has 0 aromatic heterocycles. The first-order valence-electron chi connectivity index (χ1n) is 4.36. The van der Waals surface area contributed by atoms with Crippen molar-refractivity contribution in [2.45, 2.75) is 13.0 Å². The van der Waals surface area contributed by atoms with Gasteiger partial charge in [-0.3, -0.25) is 0 Å². The van der Waals surface area contributed by atoms with E-state index in [0.717, 1.165) is 0 Å². The molecule has 0 spiro atoms. The van der Waals surface area contributed by atoms with Gasteiger partial charge in [-0.2, -0.15) is 0 Å². The van der Waals surface area contributed by atoms with Gasteiger partial charge in [-0.1, -0.05) is 12.7 Å². The Morgan fingerprint density at radius 1 is 1.64 bits per heavy atom. The SMILES string of the molecule is C=CCOc1cc(F)ccc1C(C)O. The van der Waals surface area contributed by atoms with Crippen LogP contribution in [0.4, 0.5) is 4.39 Å². The topological polar surface area (TPSA) is 29.5 Å². The summed E-state index contributed by atoms with van der Waals surface area (Å²) in [5.74, 6) is -0.0200. The molecule has 1 aromatic rings. The van der Waals surface area contributed by atoms with Crippen LogP contribution in [0.25, 0.3) is 0 Å². The van der Waals surface area contributed by atoms with Crippen molar-refractivity contribution in [3.63, 3.8) is 0 Å². The van der Waals surface area contributed by atoms with Gasteiger partial charge in [0.15, 0.2) is 0 Å². The molecule has 1 unspecified atom stereocenters. The summed E-state index contributed by atoms with van der Waals surface area (Å²) >= 11 is 0. The molecule has 0 radical (unpaired) electrons. The van der Waals surface area contributed by atoms with Crippen LogP contribution in [0.15, 0.2) is 30.9 Å². The smallest absolute Gasteiger partial charge is 0.128 e. The zero-order valence-corrected chi connectivity index (χ0v) is 8.03. The number of halogens is 1. The van der Waals surface area contributed by atoms with E-state index in [1.165, 1.54) is 18.2 Å². The molecule has 0 aliphatic rings. The van der Waals surface area contributed by atoms with Crippen LogP contribution < -0.4 is 4.74 Å². The summed E-state index contributed by atoms with van der Waals surface area (Å²) < 4.78 is 18.1. The number of ether oxygens (including phenoxy) is 1. The summed E-state index contributed by atoms with van der Waals surface area (Å²) in [6, 6.07) is 4.06. The predicted octanol–water partition coefficient (Wildman–Crippen LogP) is 2.44. The summed E-state index contributed by atoms with van der Waals surface area (Å²) in [6.45, 7) is 5.39. The minimum absolute atomic E-state index is 0.295. The van der Waals surface area contributed by atoms with E-state index < -0.39 is 6.10 Å². The standard InChI is InChI=1S/C11H13FO2/c1-3-6-14-11-7-9(12)4-5-10(11)8(2)13/h3-5,7-8,13H,1,6H2,2H3. The summed E-state index contributed by atoms with van der Waals surface area (Å²) in [4.78, 5) is 0. The summed E-state index contributed by atoms with van der Waals surface area (Å²) in [5.41, 5.74) is 0.577. The number of benzene rings is 1. The van der Waals surface area contributed by atoms with Crippen LogP contribution >= 0.6 is 0 Å². The molecule has 76 valence electrons. The van der Waals surface area contributed by atoms with Crippen LogP contribution in [0, 0.1) is 5.82 Å². The van der Waals surface area contributed by atoms with Crippen LogP contribution in [0.2, 0.25) is 0 Å². The normalized spacial score (nSPS) is 12.2. The third-order valence-electron chi connectivity index (χ3n) is 1.78. The van der Waals surface area contributed by atoms with Crippen molar-refractivity contribution in [3.05, 3.63) is 42.2 Å². The van der Waals surface area contributed by atoms with Crippen molar-refractivity contribution in [1.29, 1.82) is 0 Å². The number of aliphatic hydroxyl groups is 1. The Morgan fingerprint density at radius 3 is 2.93 bits per heavy atom. The zero-order valence-electron chi connectivity index (χ0n) is 8.03. The molecule has 0 saturated heterocycles. The van der Waals surface area contributed by atoms with Gasteiger partial charge in [-0.05, 0) is 19.1 Å². The number of aliphatic hydroxyl groups excluding tert-OH is 1. The number of rotatable bonds is 4. The maximum atomic E-state index is 12.9. The molecule has 0 heterocycles. The van der Waals surface area contributed by atoms with E-state index in [2.05, 4.69) is 6.58 Å². The van der Waals surface area contributed by atoms with E-state index in [1.54, 1.807) is 13.0 Å². The lowest BCUT2D eigenvalue weighted by molar-refractivity contribution is 0.192. The number of hydrogen-bond acceptors (Lipinski definition) is 2. The fourth-order valence-corrected chi connectivity index (χ4v) is 1.13. The Bertz CT molecular complexity index is 321. The molecule has 14 heavy (non-hydrogen) atoms.